The minimum absolute atomic E-state index is 0.173. The summed E-state index contributed by atoms with van der Waals surface area (Å²) in [6, 6.07) is 3.21. The van der Waals surface area contributed by atoms with Crippen LogP contribution in [0.3, 0.4) is 0 Å². The molecule has 25 heavy (non-hydrogen) atoms. The number of hydrogen-bond acceptors (Lipinski definition) is 7. The summed E-state index contributed by atoms with van der Waals surface area (Å²) in [6.07, 6.45) is 9.41. The molecule has 7 nitrogen and oxygen atoms in total. The summed E-state index contributed by atoms with van der Waals surface area (Å²) in [4.78, 5) is 12.6. The molecule has 0 radical (unpaired) electrons. The first-order valence-electron chi connectivity index (χ1n) is 7.70. The molecule has 0 aromatic carbocycles. The van der Waals surface area contributed by atoms with Crippen LogP contribution < -0.4 is 11.5 Å². The standard InChI is InChI=1S/C17H17FN6O/c18-12-4-2-1-3-11(12)10-22-15(14-6-8-25-24-14)9-13(19)17-21-7-5-16(20)23-17/h3-9H,1-2,10,19H2,(H2,20,21,23). The van der Waals surface area contributed by atoms with E-state index in [1.54, 1.807) is 24.3 Å². The highest BCUT2D eigenvalue weighted by molar-refractivity contribution is 6.10. The zero-order valence-corrected chi connectivity index (χ0v) is 13.4. The zero-order chi connectivity index (χ0) is 17.6. The van der Waals surface area contributed by atoms with Crippen molar-refractivity contribution in [2.45, 2.75) is 12.8 Å². The maximum absolute atomic E-state index is 13.8. The Morgan fingerprint density at radius 3 is 2.88 bits per heavy atom. The molecule has 0 saturated heterocycles. The van der Waals surface area contributed by atoms with Crippen molar-refractivity contribution in [3.63, 3.8) is 0 Å². The molecule has 0 spiro atoms. The molecule has 8 heteroatoms. The minimum Gasteiger partial charge on any atom is -0.396 e. The van der Waals surface area contributed by atoms with Crippen molar-refractivity contribution in [3.8, 4) is 0 Å². The average molecular weight is 340 g/mol. The van der Waals surface area contributed by atoms with Gasteiger partial charge >= 0.3 is 0 Å². The maximum Gasteiger partial charge on any atom is 0.177 e. The Morgan fingerprint density at radius 1 is 1.32 bits per heavy atom. The summed E-state index contributed by atoms with van der Waals surface area (Å²) < 4.78 is 18.7. The highest BCUT2D eigenvalue weighted by Gasteiger charge is 2.11. The largest absolute Gasteiger partial charge is 0.396 e. The number of allylic oxidation sites excluding steroid dienone is 3. The Kier molecular flexibility index (Phi) is 4.98. The van der Waals surface area contributed by atoms with E-state index >= 15 is 0 Å². The molecule has 1 aliphatic rings. The Hall–Kier alpha value is -3.29. The smallest absolute Gasteiger partial charge is 0.177 e. The van der Waals surface area contributed by atoms with Gasteiger partial charge in [0.1, 0.15) is 23.6 Å². The van der Waals surface area contributed by atoms with Crippen molar-refractivity contribution < 1.29 is 8.91 Å². The quantitative estimate of drug-likeness (QED) is 0.807. The SMILES string of the molecule is NC(=CC(=NCC1=CCCC=C1F)c1ccon1)c1nccc(N)n1. The van der Waals surface area contributed by atoms with Crippen molar-refractivity contribution in [2.24, 2.45) is 10.7 Å². The summed E-state index contributed by atoms with van der Waals surface area (Å²) in [6.45, 7) is 0.173. The highest BCUT2D eigenvalue weighted by Crippen LogP contribution is 2.20. The Balaban J connectivity index is 1.90. The highest BCUT2D eigenvalue weighted by atomic mass is 19.1. The molecule has 0 amide bonds. The number of halogens is 1. The van der Waals surface area contributed by atoms with Gasteiger partial charge in [0.05, 0.1) is 18.0 Å². The molecule has 0 saturated carbocycles. The number of rotatable bonds is 5. The van der Waals surface area contributed by atoms with Crippen molar-refractivity contribution in [1.82, 2.24) is 15.1 Å². The fraction of sp³-hybridized carbons (Fsp3) is 0.176. The normalized spacial score (nSPS) is 15.7. The fourth-order valence-electron chi connectivity index (χ4n) is 2.28. The molecule has 4 N–H and O–H groups in total. The summed E-state index contributed by atoms with van der Waals surface area (Å²) in [5.41, 5.74) is 13.4. The van der Waals surface area contributed by atoms with E-state index in [0.29, 0.717) is 29.2 Å². The van der Waals surface area contributed by atoms with Gasteiger partial charge in [-0.15, -0.1) is 0 Å². The monoisotopic (exact) mass is 340 g/mol. The molecular formula is C17H17FN6O. The second-order valence-electron chi connectivity index (χ2n) is 5.35. The second-order valence-corrected chi connectivity index (χ2v) is 5.35. The third-order valence-electron chi connectivity index (χ3n) is 3.54. The summed E-state index contributed by atoms with van der Waals surface area (Å²) in [7, 11) is 0. The van der Waals surface area contributed by atoms with Gasteiger partial charge < -0.3 is 16.0 Å². The number of hydrogen-bond donors (Lipinski definition) is 2. The van der Waals surface area contributed by atoms with Crippen LogP contribution in [0.5, 0.6) is 0 Å². The molecular weight excluding hydrogens is 323 g/mol. The van der Waals surface area contributed by atoms with Gasteiger partial charge in [-0.05, 0) is 31.1 Å². The molecule has 0 unspecified atom stereocenters. The number of nitrogens with two attached hydrogens (primary N) is 2. The third kappa shape index (κ3) is 4.17. The van der Waals surface area contributed by atoms with Crippen LogP contribution in [0.25, 0.3) is 5.70 Å². The molecule has 0 bridgehead atoms. The lowest BCUT2D eigenvalue weighted by molar-refractivity contribution is 0.418. The first kappa shape index (κ1) is 16.6. The van der Waals surface area contributed by atoms with Crippen LogP contribution in [0, 0.1) is 0 Å². The van der Waals surface area contributed by atoms with Crippen molar-refractivity contribution in [1.29, 1.82) is 0 Å². The summed E-state index contributed by atoms with van der Waals surface area (Å²) in [5, 5.41) is 3.86. The Morgan fingerprint density at radius 2 is 2.16 bits per heavy atom. The molecule has 0 fully saturated rings. The number of aromatic nitrogens is 3. The van der Waals surface area contributed by atoms with E-state index in [-0.39, 0.29) is 23.9 Å². The molecule has 2 aromatic heterocycles. The van der Waals surface area contributed by atoms with Gasteiger partial charge in [0, 0.05) is 17.8 Å². The zero-order valence-electron chi connectivity index (χ0n) is 13.4. The van der Waals surface area contributed by atoms with Crippen LogP contribution >= 0.6 is 0 Å². The van der Waals surface area contributed by atoms with Crippen molar-refractivity contribution in [2.75, 3.05) is 12.3 Å². The first-order valence-corrected chi connectivity index (χ1v) is 7.70. The summed E-state index contributed by atoms with van der Waals surface area (Å²) in [5.74, 6) is 0.339. The molecule has 1 aliphatic carbocycles. The van der Waals surface area contributed by atoms with Gasteiger partial charge in [-0.1, -0.05) is 11.2 Å². The molecule has 0 aliphatic heterocycles. The molecule has 2 aromatic rings. The van der Waals surface area contributed by atoms with Crippen LogP contribution in [0.15, 0.2) is 63.7 Å². The van der Waals surface area contributed by atoms with Crippen LogP contribution in [0.2, 0.25) is 0 Å². The third-order valence-corrected chi connectivity index (χ3v) is 3.54. The van der Waals surface area contributed by atoms with E-state index in [4.69, 9.17) is 16.0 Å². The van der Waals surface area contributed by atoms with Gasteiger partial charge in [0.2, 0.25) is 0 Å². The van der Waals surface area contributed by atoms with Crippen LogP contribution in [0.4, 0.5) is 10.2 Å². The topological polar surface area (TPSA) is 116 Å². The van der Waals surface area contributed by atoms with Crippen LogP contribution in [-0.4, -0.2) is 27.4 Å². The van der Waals surface area contributed by atoms with E-state index < -0.39 is 0 Å². The fourth-order valence-corrected chi connectivity index (χ4v) is 2.28. The second kappa shape index (κ2) is 7.52. The van der Waals surface area contributed by atoms with Gasteiger partial charge in [-0.25, -0.2) is 14.4 Å². The lowest BCUT2D eigenvalue weighted by Crippen LogP contribution is -2.09. The number of nitrogen functional groups attached to an aromatic ring is 1. The first-order chi connectivity index (χ1) is 12.1. The molecule has 2 heterocycles. The van der Waals surface area contributed by atoms with Gasteiger partial charge in [0.15, 0.2) is 5.82 Å². The van der Waals surface area contributed by atoms with Gasteiger partial charge in [-0.2, -0.15) is 0 Å². The average Bonchev–Trinajstić information content (AvgIpc) is 3.14. The van der Waals surface area contributed by atoms with Crippen molar-refractivity contribution >= 4 is 17.2 Å². The number of nitrogens with zero attached hydrogens (tertiary/aromatic N) is 4. The van der Waals surface area contributed by atoms with Crippen LogP contribution in [-0.2, 0) is 0 Å². The van der Waals surface area contributed by atoms with Gasteiger partial charge in [0.25, 0.3) is 0 Å². The van der Waals surface area contributed by atoms with E-state index in [2.05, 4.69) is 20.1 Å². The van der Waals surface area contributed by atoms with Gasteiger partial charge in [-0.3, -0.25) is 4.99 Å². The molecule has 0 atom stereocenters. The summed E-state index contributed by atoms with van der Waals surface area (Å²) >= 11 is 0. The van der Waals surface area contributed by atoms with Crippen molar-refractivity contribution in [3.05, 3.63) is 65.7 Å². The number of aliphatic imine (C=N–C) groups is 1. The van der Waals surface area contributed by atoms with E-state index in [9.17, 15) is 4.39 Å². The predicted molar refractivity (Wildman–Crippen MR) is 93.0 cm³/mol. The predicted octanol–water partition coefficient (Wildman–Crippen LogP) is 2.41. The lowest BCUT2D eigenvalue weighted by Gasteiger charge is -2.08. The number of anilines is 1. The maximum atomic E-state index is 13.8. The van der Waals surface area contributed by atoms with E-state index in [1.807, 2.05) is 6.08 Å². The Bertz CT molecular complexity index is 867. The Labute approximate surface area is 143 Å². The van der Waals surface area contributed by atoms with E-state index in [0.717, 1.165) is 6.42 Å². The lowest BCUT2D eigenvalue weighted by atomic mass is 10.1. The molecule has 128 valence electrons. The molecule has 3 rings (SSSR count). The minimum atomic E-state index is -0.245. The van der Waals surface area contributed by atoms with E-state index in [1.165, 1.54) is 12.5 Å². The van der Waals surface area contributed by atoms with Crippen LogP contribution in [0.1, 0.15) is 24.4 Å².